The molecule has 0 radical (unpaired) electrons. The Bertz CT molecular complexity index is 231. The van der Waals surface area contributed by atoms with Gasteiger partial charge in [-0.2, -0.15) is 0 Å². The van der Waals surface area contributed by atoms with E-state index < -0.39 is 5.97 Å². The molecule has 0 fully saturated rings. The molecule has 0 bridgehead atoms. The molecule has 0 aliphatic heterocycles. The summed E-state index contributed by atoms with van der Waals surface area (Å²) in [4.78, 5) is 10.9. The Labute approximate surface area is 136 Å². The number of carboxylic acids is 1. The van der Waals surface area contributed by atoms with Crippen molar-refractivity contribution in [2.75, 3.05) is 5.75 Å². The maximum atomic E-state index is 10.9. The third-order valence-corrected chi connectivity index (χ3v) is 5.42. The maximum Gasteiger partial charge on any atom is 0.316 e. The molecule has 1 unspecified atom stereocenters. The van der Waals surface area contributed by atoms with Gasteiger partial charge in [-0.15, -0.1) is 11.8 Å². The topological polar surface area (TPSA) is 37.3 Å². The van der Waals surface area contributed by atoms with Gasteiger partial charge in [0.2, 0.25) is 0 Å². The van der Waals surface area contributed by atoms with Crippen molar-refractivity contribution >= 4 is 17.7 Å². The van der Waals surface area contributed by atoms with Crippen LogP contribution < -0.4 is 0 Å². The fourth-order valence-corrected chi connectivity index (χ4v) is 3.57. The fourth-order valence-electron chi connectivity index (χ4n) is 2.53. The van der Waals surface area contributed by atoms with Crippen LogP contribution in [-0.2, 0) is 4.79 Å². The van der Waals surface area contributed by atoms with E-state index in [0.29, 0.717) is 0 Å². The normalized spacial score (nSPS) is 12.5. The third-order valence-electron chi connectivity index (χ3n) is 3.96. The monoisotopic (exact) mass is 316 g/mol. The second-order valence-corrected chi connectivity index (χ2v) is 7.31. The lowest BCUT2D eigenvalue weighted by molar-refractivity contribution is -0.136. The zero-order valence-electron chi connectivity index (χ0n) is 14.2. The molecule has 0 heterocycles. The predicted molar refractivity (Wildman–Crippen MR) is 95.3 cm³/mol. The van der Waals surface area contributed by atoms with Crippen molar-refractivity contribution in [1.29, 1.82) is 0 Å². The van der Waals surface area contributed by atoms with Gasteiger partial charge in [0.05, 0.1) is 0 Å². The summed E-state index contributed by atoms with van der Waals surface area (Å²) >= 11 is 1.61. The van der Waals surface area contributed by atoms with Gasteiger partial charge in [-0.25, -0.2) is 0 Å². The third kappa shape index (κ3) is 14.5. The molecule has 0 spiro atoms. The Hall–Kier alpha value is -0.180. The van der Waals surface area contributed by atoms with Crippen LogP contribution in [0.3, 0.4) is 0 Å². The van der Waals surface area contributed by atoms with E-state index >= 15 is 0 Å². The molecule has 0 rings (SSSR count). The molecular weight excluding hydrogens is 280 g/mol. The molecule has 2 nitrogen and oxygen atoms in total. The maximum absolute atomic E-state index is 10.9. The Kier molecular flexibility index (Phi) is 16.1. The SMILES string of the molecule is CCCCCCCCCCCCCCSC(CC)C(=O)O. The van der Waals surface area contributed by atoms with E-state index in [1.54, 1.807) is 11.8 Å². The van der Waals surface area contributed by atoms with Crippen LogP contribution in [0.25, 0.3) is 0 Å². The number of hydrogen-bond acceptors (Lipinski definition) is 2. The van der Waals surface area contributed by atoms with Gasteiger partial charge in [0, 0.05) is 0 Å². The molecule has 1 atom stereocenters. The largest absolute Gasteiger partial charge is 0.480 e. The molecule has 126 valence electrons. The fraction of sp³-hybridized carbons (Fsp3) is 0.944. The summed E-state index contributed by atoms with van der Waals surface area (Å²) in [6.45, 7) is 4.22. The first-order valence-electron chi connectivity index (χ1n) is 9.06. The standard InChI is InChI=1S/C18H36O2S/c1-3-5-6-7-8-9-10-11-12-13-14-15-16-21-17(4-2)18(19)20/h17H,3-16H2,1-2H3,(H,19,20). The van der Waals surface area contributed by atoms with Crippen molar-refractivity contribution < 1.29 is 9.90 Å². The van der Waals surface area contributed by atoms with E-state index in [9.17, 15) is 4.79 Å². The average molecular weight is 317 g/mol. The number of thioether (sulfide) groups is 1. The van der Waals surface area contributed by atoms with Crippen molar-refractivity contribution in [2.45, 2.75) is 103 Å². The quantitative estimate of drug-likeness (QED) is 0.340. The zero-order valence-corrected chi connectivity index (χ0v) is 15.1. The molecule has 0 aromatic heterocycles. The highest BCUT2D eigenvalue weighted by molar-refractivity contribution is 8.00. The first-order chi connectivity index (χ1) is 10.2. The van der Waals surface area contributed by atoms with Crippen LogP contribution in [0.5, 0.6) is 0 Å². The van der Waals surface area contributed by atoms with Gasteiger partial charge in [-0.05, 0) is 18.6 Å². The van der Waals surface area contributed by atoms with Crippen LogP contribution in [0.1, 0.15) is 97.3 Å². The molecule has 0 saturated heterocycles. The molecule has 1 N–H and O–H groups in total. The number of aliphatic carboxylic acids is 1. The van der Waals surface area contributed by atoms with Crippen molar-refractivity contribution in [3.63, 3.8) is 0 Å². The van der Waals surface area contributed by atoms with Crippen LogP contribution in [0.15, 0.2) is 0 Å². The number of carboxylic acid groups (broad SMARTS) is 1. The van der Waals surface area contributed by atoms with Crippen molar-refractivity contribution in [2.24, 2.45) is 0 Å². The Morgan fingerprint density at radius 2 is 1.24 bits per heavy atom. The van der Waals surface area contributed by atoms with Crippen LogP contribution in [0.4, 0.5) is 0 Å². The van der Waals surface area contributed by atoms with Crippen LogP contribution in [-0.4, -0.2) is 22.1 Å². The predicted octanol–water partition coefficient (Wildman–Crippen LogP) is 6.28. The highest BCUT2D eigenvalue weighted by Gasteiger charge is 2.14. The first-order valence-corrected chi connectivity index (χ1v) is 10.1. The molecule has 0 amide bonds. The summed E-state index contributed by atoms with van der Waals surface area (Å²) in [5, 5.41) is 8.75. The van der Waals surface area contributed by atoms with E-state index in [-0.39, 0.29) is 5.25 Å². The van der Waals surface area contributed by atoms with E-state index in [1.807, 2.05) is 6.92 Å². The van der Waals surface area contributed by atoms with Gasteiger partial charge < -0.3 is 5.11 Å². The lowest BCUT2D eigenvalue weighted by Gasteiger charge is -2.08. The molecule has 0 aromatic carbocycles. The molecule has 3 heteroatoms. The van der Waals surface area contributed by atoms with Gasteiger partial charge in [0.1, 0.15) is 5.25 Å². The van der Waals surface area contributed by atoms with Gasteiger partial charge >= 0.3 is 5.97 Å². The highest BCUT2D eigenvalue weighted by Crippen LogP contribution is 2.18. The molecule has 0 aliphatic carbocycles. The van der Waals surface area contributed by atoms with Crippen LogP contribution in [0.2, 0.25) is 0 Å². The van der Waals surface area contributed by atoms with Crippen molar-refractivity contribution in [3.8, 4) is 0 Å². The Morgan fingerprint density at radius 3 is 1.62 bits per heavy atom. The van der Waals surface area contributed by atoms with Crippen molar-refractivity contribution in [1.82, 2.24) is 0 Å². The molecule has 0 aliphatic rings. The van der Waals surface area contributed by atoms with Crippen molar-refractivity contribution in [3.05, 3.63) is 0 Å². The molecule has 0 saturated carbocycles. The smallest absolute Gasteiger partial charge is 0.316 e. The van der Waals surface area contributed by atoms with E-state index in [4.69, 9.17) is 5.11 Å². The minimum absolute atomic E-state index is 0.197. The van der Waals surface area contributed by atoms with E-state index in [0.717, 1.165) is 12.2 Å². The van der Waals surface area contributed by atoms with Crippen LogP contribution >= 0.6 is 11.8 Å². The van der Waals surface area contributed by atoms with Gasteiger partial charge in [-0.1, -0.05) is 84.5 Å². The minimum Gasteiger partial charge on any atom is -0.480 e. The van der Waals surface area contributed by atoms with E-state index in [2.05, 4.69) is 6.92 Å². The summed E-state index contributed by atoms with van der Waals surface area (Å²) in [6.07, 6.45) is 17.0. The van der Waals surface area contributed by atoms with E-state index in [1.165, 1.54) is 77.0 Å². The minimum atomic E-state index is -0.651. The summed E-state index contributed by atoms with van der Waals surface area (Å²) in [5.41, 5.74) is 0. The van der Waals surface area contributed by atoms with Crippen LogP contribution in [0, 0.1) is 0 Å². The lowest BCUT2D eigenvalue weighted by Crippen LogP contribution is -2.15. The number of hydrogen-bond donors (Lipinski definition) is 1. The number of unbranched alkanes of at least 4 members (excludes halogenated alkanes) is 11. The summed E-state index contributed by atoms with van der Waals surface area (Å²) in [5.74, 6) is 0.351. The Morgan fingerprint density at radius 1 is 0.810 bits per heavy atom. The highest BCUT2D eigenvalue weighted by atomic mass is 32.2. The van der Waals surface area contributed by atoms with Gasteiger partial charge in [0.15, 0.2) is 0 Å². The average Bonchev–Trinajstić information content (AvgIpc) is 2.47. The summed E-state index contributed by atoms with van der Waals surface area (Å²) < 4.78 is 0. The molecule has 21 heavy (non-hydrogen) atoms. The lowest BCUT2D eigenvalue weighted by atomic mass is 10.1. The first kappa shape index (κ1) is 20.8. The van der Waals surface area contributed by atoms with Gasteiger partial charge in [0.25, 0.3) is 0 Å². The van der Waals surface area contributed by atoms with Gasteiger partial charge in [-0.3, -0.25) is 4.79 Å². The number of rotatable bonds is 16. The second-order valence-electron chi connectivity index (χ2n) is 6.00. The zero-order chi connectivity index (χ0) is 15.8. The molecule has 0 aromatic rings. The second kappa shape index (κ2) is 16.2. The molecular formula is C18H36O2S. The number of carbonyl (C=O) groups is 1. The summed E-state index contributed by atoms with van der Waals surface area (Å²) in [6, 6.07) is 0. The summed E-state index contributed by atoms with van der Waals surface area (Å²) in [7, 11) is 0. The Balaban J connectivity index is 3.14.